The van der Waals surface area contributed by atoms with Gasteiger partial charge in [-0.1, -0.05) is 60.1 Å². The Morgan fingerprint density at radius 2 is 1.58 bits per heavy atom. The van der Waals surface area contributed by atoms with Crippen molar-refractivity contribution >= 4 is 36.0 Å². The number of benzene rings is 4. The van der Waals surface area contributed by atoms with Crippen molar-refractivity contribution in [1.82, 2.24) is 14.8 Å². The number of nitriles is 1. The summed E-state index contributed by atoms with van der Waals surface area (Å²) in [4.78, 5) is 21.5. The summed E-state index contributed by atoms with van der Waals surface area (Å²) in [5.41, 5.74) is 4.82. The molecule has 272 valence electrons. The third kappa shape index (κ3) is 11.5. The molecule has 5 aromatic rings. The highest BCUT2D eigenvalue weighted by atomic mass is 35.5. The highest BCUT2D eigenvalue weighted by Crippen LogP contribution is 2.30. The largest absolute Gasteiger partial charge is 0.497 e. The number of amides is 1. The molecular formula is C42H40Cl2N4O5. The van der Waals surface area contributed by atoms with E-state index in [2.05, 4.69) is 40.2 Å². The molecule has 11 heteroatoms. The van der Waals surface area contributed by atoms with Gasteiger partial charge in [-0.2, -0.15) is 5.26 Å². The molecule has 9 nitrogen and oxygen atoms in total. The predicted octanol–water partition coefficient (Wildman–Crippen LogP) is 8.39. The number of carbonyl (C=O) groups excluding carboxylic acids is 1. The quantitative estimate of drug-likeness (QED) is 0.105. The van der Waals surface area contributed by atoms with E-state index >= 15 is 0 Å². The summed E-state index contributed by atoms with van der Waals surface area (Å²) in [5.74, 6) is 2.97. The second-order valence-electron chi connectivity index (χ2n) is 12.3. The molecule has 0 aliphatic carbocycles. The molecule has 0 saturated carbocycles. The molecule has 0 bridgehead atoms. The molecule has 0 atom stereocenters. The Morgan fingerprint density at radius 3 is 2.28 bits per heavy atom. The van der Waals surface area contributed by atoms with Gasteiger partial charge in [0.2, 0.25) is 11.8 Å². The minimum atomic E-state index is -0.0256. The number of rotatable bonds is 14. The highest BCUT2D eigenvalue weighted by Gasteiger charge is 2.20. The monoisotopic (exact) mass is 750 g/mol. The van der Waals surface area contributed by atoms with Gasteiger partial charge in [-0.15, -0.1) is 12.4 Å². The van der Waals surface area contributed by atoms with Gasteiger partial charge in [-0.25, -0.2) is 4.98 Å². The van der Waals surface area contributed by atoms with Gasteiger partial charge in [-0.05, 0) is 70.8 Å². The van der Waals surface area contributed by atoms with Crippen LogP contribution in [-0.4, -0.2) is 60.6 Å². The molecule has 0 radical (unpaired) electrons. The third-order valence-corrected chi connectivity index (χ3v) is 8.90. The van der Waals surface area contributed by atoms with Crippen LogP contribution < -0.4 is 18.9 Å². The van der Waals surface area contributed by atoms with Crippen molar-refractivity contribution in [2.75, 3.05) is 39.9 Å². The second kappa shape index (κ2) is 19.3. The van der Waals surface area contributed by atoms with Gasteiger partial charge >= 0.3 is 0 Å². The molecule has 1 aliphatic heterocycles. The highest BCUT2D eigenvalue weighted by molar-refractivity contribution is 6.32. The number of piperazine rings is 1. The van der Waals surface area contributed by atoms with Crippen LogP contribution in [0.2, 0.25) is 5.02 Å². The lowest BCUT2D eigenvalue weighted by molar-refractivity contribution is -0.127. The van der Waals surface area contributed by atoms with Crippen molar-refractivity contribution in [2.45, 2.75) is 19.6 Å². The molecule has 53 heavy (non-hydrogen) atoms. The molecule has 1 aromatic heterocycles. The van der Waals surface area contributed by atoms with Crippen LogP contribution in [0.3, 0.4) is 0 Å². The zero-order chi connectivity index (χ0) is 36.1. The first-order chi connectivity index (χ1) is 25.4. The summed E-state index contributed by atoms with van der Waals surface area (Å²) in [6.45, 7) is 4.76. The smallest absolute Gasteiger partial charge is 0.246 e. The van der Waals surface area contributed by atoms with E-state index in [1.807, 2.05) is 47.4 Å². The number of carbonyl (C=O) groups is 1. The van der Waals surface area contributed by atoms with E-state index < -0.39 is 0 Å². The molecule has 2 heterocycles. The van der Waals surface area contributed by atoms with Crippen LogP contribution in [-0.2, 0) is 24.4 Å². The zero-order valence-corrected chi connectivity index (χ0v) is 30.9. The van der Waals surface area contributed by atoms with Gasteiger partial charge < -0.3 is 23.8 Å². The number of hydrogen-bond donors (Lipinski definition) is 0. The van der Waals surface area contributed by atoms with Gasteiger partial charge in [0.15, 0.2) is 0 Å². The first-order valence-corrected chi connectivity index (χ1v) is 17.4. The van der Waals surface area contributed by atoms with Crippen LogP contribution in [0.15, 0.2) is 115 Å². The third-order valence-electron chi connectivity index (χ3n) is 8.60. The maximum absolute atomic E-state index is 13.0. The molecule has 0 N–H and O–H groups in total. The summed E-state index contributed by atoms with van der Waals surface area (Å²) in [5, 5.41) is 9.34. The molecule has 1 fully saturated rings. The lowest BCUT2D eigenvalue weighted by atomic mass is 10.1. The standard InChI is InChI=1S/C42H39ClN4O5.ClH/c1-49-36-3-2-4-37(26-36)50-24-19-31-5-9-34(10-6-31)29-46-20-22-47(23-21-46)42(48)18-14-32-13-16-40(39(43)25-32)52-41-17-15-38(28-45-41)51-30-35-11-7-33(27-44)8-12-35;/h2-18,25-26,28H,19-24,29-30H2,1H3;1H. The van der Waals surface area contributed by atoms with Crippen molar-refractivity contribution in [3.8, 4) is 34.9 Å². The molecule has 1 amide bonds. The van der Waals surface area contributed by atoms with E-state index in [0.717, 1.165) is 48.7 Å². The predicted molar refractivity (Wildman–Crippen MR) is 208 cm³/mol. The van der Waals surface area contributed by atoms with Crippen LogP contribution in [0.5, 0.6) is 28.9 Å². The van der Waals surface area contributed by atoms with Gasteiger partial charge in [-0.3, -0.25) is 9.69 Å². The Balaban J connectivity index is 0.00000541. The fourth-order valence-electron chi connectivity index (χ4n) is 5.62. The van der Waals surface area contributed by atoms with Crippen LogP contribution in [0.1, 0.15) is 27.8 Å². The lowest BCUT2D eigenvalue weighted by Crippen LogP contribution is -2.47. The number of nitrogens with zero attached hydrogens (tertiary/aromatic N) is 4. The maximum Gasteiger partial charge on any atom is 0.246 e. The summed E-state index contributed by atoms with van der Waals surface area (Å²) < 4.78 is 22.8. The van der Waals surface area contributed by atoms with Gasteiger partial charge in [0.1, 0.15) is 29.6 Å². The fraction of sp³-hybridized carbons (Fsp3) is 0.214. The van der Waals surface area contributed by atoms with Crippen molar-refractivity contribution < 1.29 is 23.7 Å². The van der Waals surface area contributed by atoms with Crippen molar-refractivity contribution in [3.63, 3.8) is 0 Å². The number of methoxy groups -OCH3 is 1. The minimum absolute atomic E-state index is 0. The number of aromatic nitrogens is 1. The summed E-state index contributed by atoms with van der Waals surface area (Å²) in [7, 11) is 1.65. The van der Waals surface area contributed by atoms with E-state index in [1.165, 1.54) is 11.1 Å². The Bertz CT molecular complexity index is 2010. The number of hydrogen-bond acceptors (Lipinski definition) is 8. The Labute approximate surface area is 321 Å². The van der Waals surface area contributed by atoms with Gasteiger partial charge in [0.05, 0.1) is 36.6 Å². The van der Waals surface area contributed by atoms with Gasteiger partial charge in [0, 0.05) is 57.4 Å². The van der Waals surface area contributed by atoms with E-state index in [0.29, 0.717) is 54.3 Å². The van der Waals surface area contributed by atoms with Crippen LogP contribution in [0.25, 0.3) is 6.08 Å². The molecule has 6 rings (SSSR count). The van der Waals surface area contributed by atoms with Crippen LogP contribution >= 0.6 is 24.0 Å². The average Bonchev–Trinajstić information content (AvgIpc) is 3.19. The SMILES string of the molecule is COc1cccc(OCCc2ccc(CN3CCN(C(=O)C=Cc4ccc(Oc5ccc(OCc6ccc(C#N)cc6)cn5)c(Cl)c4)CC3)cc2)c1.Cl. The normalized spacial score (nSPS) is 12.8. The molecule has 0 spiro atoms. The summed E-state index contributed by atoms with van der Waals surface area (Å²) >= 11 is 6.52. The number of halogens is 2. The Hall–Kier alpha value is -5.53. The van der Waals surface area contributed by atoms with E-state index in [-0.39, 0.29) is 18.3 Å². The lowest BCUT2D eigenvalue weighted by Gasteiger charge is -2.34. The maximum atomic E-state index is 13.0. The summed E-state index contributed by atoms with van der Waals surface area (Å²) in [6.07, 6.45) is 5.77. The molecule has 1 saturated heterocycles. The summed E-state index contributed by atoms with van der Waals surface area (Å²) in [6, 6.07) is 34.4. The minimum Gasteiger partial charge on any atom is -0.497 e. The molecule has 1 aliphatic rings. The number of ether oxygens (including phenoxy) is 4. The van der Waals surface area contributed by atoms with Crippen molar-refractivity contribution in [3.05, 3.63) is 148 Å². The van der Waals surface area contributed by atoms with Gasteiger partial charge in [0.25, 0.3) is 0 Å². The number of pyridine rings is 1. The average molecular weight is 752 g/mol. The van der Waals surface area contributed by atoms with Crippen LogP contribution in [0.4, 0.5) is 0 Å². The second-order valence-corrected chi connectivity index (χ2v) is 12.7. The fourth-order valence-corrected chi connectivity index (χ4v) is 5.84. The van der Waals surface area contributed by atoms with Crippen molar-refractivity contribution in [2.24, 2.45) is 0 Å². The van der Waals surface area contributed by atoms with Crippen molar-refractivity contribution in [1.29, 1.82) is 5.26 Å². The molecule has 4 aromatic carbocycles. The zero-order valence-electron chi connectivity index (χ0n) is 29.3. The molecule has 0 unspecified atom stereocenters. The van der Waals surface area contributed by atoms with E-state index in [9.17, 15) is 4.79 Å². The van der Waals surface area contributed by atoms with E-state index in [4.69, 9.17) is 35.8 Å². The Kier molecular flexibility index (Phi) is 14.1. The Morgan fingerprint density at radius 1 is 0.849 bits per heavy atom. The first kappa shape index (κ1) is 38.7. The topological polar surface area (TPSA) is 97.2 Å². The molecular weight excluding hydrogens is 711 g/mol. The first-order valence-electron chi connectivity index (χ1n) is 17.0. The van der Waals surface area contributed by atoms with Crippen LogP contribution in [0, 0.1) is 11.3 Å². The van der Waals surface area contributed by atoms with E-state index in [1.54, 1.807) is 61.9 Å².